The van der Waals surface area contributed by atoms with Gasteiger partial charge >= 0.3 is 0 Å². The first-order chi connectivity index (χ1) is 12.0. The Morgan fingerprint density at radius 1 is 1.28 bits per heavy atom. The van der Waals surface area contributed by atoms with Gasteiger partial charge in [0.15, 0.2) is 0 Å². The number of amides is 1. The number of likely N-dealkylation sites (tertiary alicyclic amines) is 1. The monoisotopic (exact) mass is 341 g/mol. The fraction of sp³-hybridized carbons (Fsp3) is 0.526. The first-order valence-corrected chi connectivity index (χ1v) is 8.92. The molecule has 0 spiro atoms. The van der Waals surface area contributed by atoms with Gasteiger partial charge in [-0.2, -0.15) is 0 Å². The van der Waals surface area contributed by atoms with E-state index in [9.17, 15) is 9.59 Å². The van der Waals surface area contributed by atoms with Crippen LogP contribution in [0.2, 0.25) is 0 Å². The molecule has 2 aromatic rings. The molecule has 2 aromatic heterocycles. The van der Waals surface area contributed by atoms with Gasteiger partial charge in [-0.3, -0.25) is 9.59 Å². The topological polar surface area (TPSA) is 68.3 Å². The lowest BCUT2D eigenvalue weighted by Crippen LogP contribution is -2.49. The molecule has 2 aliphatic rings. The van der Waals surface area contributed by atoms with Crippen molar-refractivity contribution < 1.29 is 9.32 Å². The average Bonchev–Trinajstić information content (AvgIpc) is 2.92. The summed E-state index contributed by atoms with van der Waals surface area (Å²) in [6.07, 6.45) is 2.21. The van der Waals surface area contributed by atoms with Gasteiger partial charge in [-0.15, -0.1) is 0 Å². The Kier molecular flexibility index (Phi) is 3.98. The number of pyridine rings is 1. The van der Waals surface area contributed by atoms with Crippen LogP contribution in [0, 0.1) is 19.8 Å². The highest BCUT2D eigenvalue weighted by molar-refractivity contribution is 5.76. The number of carbonyl (C=O) groups is 1. The fourth-order valence-corrected chi connectivity index (χ4v) is 4.35. The van der Waals surface area contributed by atoms with Gasteiger partial charge in [0.05, 0.1) is 5.69 Å². The molecule has 0 radical (unpaired) electrons. The second kappa shape index (κ2) is 6.17. The molecule has 6 heteroatoms. The third-order valence-electron chi connectivity index (χ3n) is 5.60. The van der Waals surface area contributed by atoms with E-state index in [0.717, 1.165) is 42.2 Å². The second-order valence-electron chi connectivity index (χ2n) is 7.30. The largest absolute Gasteiger partial charge is 0.361 e. The highest BCUT2D eigenvalue weighted by Crippen LogP contribution is 2.35. The van der Waals surface area contributed by atoms with Gasteiger partial charge in [-0.1, -0.05) is 11.2 Å². The molecule has 1 fully saturated rings. The summed E-state index contributed by atoms with van der Waals surface area (Å²) >= 11 is 0. The lowest BCUT2D eigenvalue weighted by molar-refractivity contribution is -0.133. The van der Waals surface area contributed by atoms with Crippen molar-refractivity contribution in [2.24, 2.45) is 5.92 Å². The van der Waals surface area contributed by atoms with Gasteiger partial charge in [0.25, 0.3) is 5.56 Å². The molecule has 0 aromatic carbocycles. The number of aryl methyl sites for hydroxylation is 2. The molecule has 1 saturated heterocycles. The molecule has 2 bridgehead atoms. The number of aromatic nitrogens is 2. The van der Waals surface area contributed by atoms with Crippen molar-refractivity contribution in [3.05, 3.63) is 51.3 Å². The lowest BCUT2D eigenvalue weighted by Gasteiger charge is -2.42. The molecule has 0 N–H and O–H groups in total. The van der Waals surface area contributed by atoms with E-state index >= 15 is 0 Å². The Bertz CT molecular complexity index is 848. The van der Waals surface area contributed by atoms with Gasteiger partial charge in [-0.25, -0.2) is 0 Å². The number of carbonyl (C=O) groups excluding carboxylic acids is 1. The number of rotatable bonds is 3. The molecular formula is C19H23N3O3. The van der Waals surface area contributed by atoms with Crippen molar-refractivity contribution in [3.63, 3.8) is 0 Å². The van der Waals surface area contributed by atoms with Crippen LogP contribution in [0.25, 0.3) is 0 Å². The Balaban J connectivity index is 1.47. The summed E-state index contributed by atoms with van der Waals surface area (Å²) in [5, 5.41) is 3.95. The Morgan fingerprint density at radius 2 is 2.12 bits per heavy atom. The smallest absolute Gasteiger partial charge is 0.250 e. The van der Waals surface area contributed by atoms with Crippen LogP contribution in [0.3, 0.4) is 0 Å². The zero-order valence-corrected chi connectivity index (χ0v) is 14.7. The summed E-state index contributed by atoms with van der Waals surface area (Å²) in [6.45, 7) is 5.98. The Hall–Kier alpha value is -2.37. The predicted molar refractivity (Wildman–Crippen MR) is 92.4 cm³/mol. The molecule has 6 nitrogen and oxygen atoms in total. The maximum Gasteiger partial charge on any atom is 0.250 e. The highest BCUT2D eigenvalue weighted by atomic mass is 16.5. The van der Waals surface area contributed by atoms with Crippen LogP contribution in [0.1, 0.15) is 41.5 Å². The third-order valence-corrected chi connectivity index (χ3v) is 5.60. The van der Waals surface area contributed by atoms with Gasteiger partial charge in [0.2, 0.25) is 5.91 Å². The quantitative estimate of drug-likeness (QED) is 0.857. The normalized spacial score (nSPS) is 21.9. The van der Waals surface area contributed by atoms with Crippen LogP contribution in [0.4, 0.5) is 0 Å². The zero-order chi connectivity index (χ0) is 17.6. The van der Waals surface area contributed by atoms with Crippen LogP contribution in [0.15, 0.2) is 27.5 Å². The molecule has 4 heterocycles. The van der Waals surface area contributed by atoms with E-state index in [4.69, 9.17) is 4.52 Å². The van der Waals surface area contributed by atoms with E-state index in [0.29, 0.717) is 25.3 Å². The predicted octanol–water partition coefficient (Wildman–Crippen LogP) is 2.03. The van der Waals surface area contributed by atoms with Crippen LogP contribution in [0.5, 0.6) is 0 Å². The maximum atomic E-state index is 12.7. The molecule has 1 amide bonds. The molecule has 4 rings (SSSR count). The van der Waals surface area contributed by atoms with Crippen LogP contribution in [-0.2, 0) is 17.8 Å². The molecule has 2 aliphatic heterocycles. The fourth-order valence-electron chi connectivity index (χ4n) is 4.35. The van der Waals surface area contributed by atoms with Crippen molar-refractivity contribution in [1.82, 2.24) is 14.6 Å². The van der Waals surface area contributed by atoms with Gasteiger partial charge in [0.1, 0.15) is 5.76 Å². The van der Waals surface area contributed by atoms with Crippen molar-refractivity contribution in [1.29, 1.82) is 0 Å². The standard InChI is InChI=1S/C19H23N3O3/c1-12-16(13(2)25-20-12)6-7-18(23)21-9-14-8-15(11-21)17-4-3-5-19(24)22(17)10-14/h3-5,14-15H,6-11H2,1-2H3/t14-,15+/m1/s1. The molecule has 25 heavy (non-hydrogen) atoms. The van der Waals surface area contributed by atoms with Gasteiger partial charge in [-0.05, 0) is 38.7 Å². The first kappa shape index (κ1) is 16.1. The summed E-state index contributed by atoms with van der Waals surface area (Å²) in [5.74, 6) is 1.62. The maximum absolute atomic E-state index is 12.7. The summed E-state index contributed by atoms with van der Waals surface area (Å²) in [5.41, 5.74) is 3.06. The Labute approximate surface area is 146 Å². The van der Waals surface area contributed by atoms with Gasteiger partial charge < -0.3 is 14.0 Å². The van der Waals surface area contributed by atoms with Crippen molar-refractivity contribution >= 4 is 5.91 Å². The molecular weight excluding hydrogens is 318 g/mol. The highest BCUT2D eigenvalue weighted by Gasteiger charge is 2.36. The second-order valence-corrected chi connectivity index (χ2v) is 7.30. The number of nitrogens with zero attached hydrogens (tertiary/aromatic N) is 3. The van der Waals surface area contributed by atoms with Crippen LogP contribution >= 0.6 is 0 Å². The van der Waals surface area contributed by atoms with E-state index in [-0.39, 0.29) is 17.4 Å². The Morgan fingerprint density at radius 3 is 2.88 bits per heavy atom. The summed E-state index contributed by atoms with van der Waals surface area (Å²) in [6, 6.07) is 5.48. The molecule has 2 atom stereocenters. The number of fused-ring (bicyclic) bond motifs is 4. The van der Waals surface area contributed by atoms with Crippen LogP contribution in [-0.4, -0.2) is 33.6 Å². The van der Waals surface area contributed by atoms with Crippen molar-refractivity contribution in [2.75, 3.05) is 13.1 Å². The molecule has 0 saturated carbocycles. The van der Waals surface area contributed by atoms with E-state index < -0.39 is 0 Å². The number of hydrogen-bond acceptors (Lipinski definition) is 4. The summed E-state index contributed by atoms with van der Waals surface area (Å²) in [4.78, 5) is 26.8. The van der Waals surface area contributed by atoms with Crippen molar-refractivity contribution in [3.8, 4) is 0 Å². The van der Waals surface area contributed by atoms with Crippen LogP contribution < -0.4 is 5.56 Å². The average molecular weight is 341 g/mol. The van der Waals surface area contributed by atoms with Crippen molar-refractivity contribution in [2.45, 2.75) is 45.6 Å². The number of piperidine rings is 1. The summed E-state index contributed by atoms with van der Waals surface area (Å²) < 4.78 is 7.07. The molecule has 0 aliphatic carbocycles. The first-order valence-electron chi connectivity index (χ1n) is 8.92. The van der Waals surface area contributed by atoms with E-state index in [1.54, 1.807) is 6.07 Å². The van der Waals surface area contributed by atoms with E-state index in [2.05, 4.69) is 5.16 Å². The zero-order valence-electron chi connectivity index (χ0n) is 14.7. The summed E-state index contributed by atoms with van der Waals surface area (Å²) in [7, 11) is 0. The third kappa shape index (κ3) is 2.90. The molecule has 0 unspecified atom stereocenters. The van der Waals surface area contributed by atoms with Gasteiger partial charge in [0, 0.05) is 49.3 Å². The lowest BCUT2D eigenvalue weighted by atomic mass is 9.83. The molecule has 132 valence electrons. The van der Waals surface area contributed by atoms with E-state index in [1.807, 2.05) is 35.4 Å². The minimum absolute atomic E-state index is 0.0744. The minimum Gasteiger partial charge on any atom is -0.361 e. The van der Waals surface area contributed by atoms with E-state index in [1.165, 1.54) is 0 Å². The SMILES string of the molecule is Cc1noc(C)c1CCC(=O)N1C[C@H]2C[C@@H](C1)c1cccc(=O)n1C2. The number of hydrogen-bond donors (Lipinski definition) is 0. The minimum atomic E-state index is 0.0744.